The van der Waals surface area contributed by atoms with E-state index in [1.54, 1.807) is 0 Å². The molecule has 0 atom stereocenters. The first kappa shape index (κ1) is 15.2. The van der Waals surface area contributed by atoms with Crippen molar-refractivity contribution in [1.29, 1.82) is 0 Å². The molecule has 0 fully saturated rings. The van der Waals surface area contributed by atoms with E-state index in [0.29, 0.717) is 5.69 Å². The van der Waals surface area contributed by atoms with Crippen LogP contribution in [0.15, 0.2) is 23.1 Å². The Kier molecular flexibility index (Phi) is 7.74. The molecule has 0 saturated heterocycles. The van der Waals surface area contributed by atoms with Crippen LogP contribution in [-0.4, -0.2) is 6.61 Å². The number of nitrogen functional groups attached to an aromatic ring is 1. The van der Waals surface area contributed by atoms with Crippen LogP contribution in [0.1, 0.15) is 51.9 Å². The van der Waals surface area contributed by atoms with Crippen molar-refractivity contribution in [3.05, 3.63) is 18.2 Å². The highest BCUT2D eigenvalue weighted by Gasteiger charge is 1.98. The molecule has 0 unspecified atom stereocenters. The monoisotopic (exact) mass is 267 g/mol. The van der Waals surface area contributed by atoms with Crippen molar-refractivity contribution < 1.29 is 4.74 Å². The van der Waals surface area contributed by atoms with Gasteiger partial charge in [0.2, 0.25) is 0 Å². The first-order chi connectivity index (χ1) is 8.74. The fraction of sp³-hybridized carbons (Fsp3) is 0.600. The molecule has 1 rings (SSSR count). The van der Waals surface area contributed by atoms with Crippen LogP contribution < -0.4 is 10.5 Å². The van der Waals surface area contributed by atoms with E-state index in [1.165, 1.54) is 38.5 Å². The SMILES string of the molecule is CCCCCCCCCOc1ccc(S)c(N)c1. The van der Waals surface area contributed by atoms with Gasteiger partial charge in [-0.1, -0.05) is 45.4 Å². The summed E-state index contributed by atoms with van der Waals surface area (Å²) in [6.07, 6.45) is 9.10. The first-order valence-corrected chi connectivity index (χ1v) is 7.40. The van der Waals surface area contributed by atoms with Crippen molar-refractivity contribution in [3.8, 4) is 5.75 Å². The van der Waals surface area contributed by atoms with Crippen molar-refractivity contribution >= 4 is 18.3 Å². The van der Waals surface area contributed by atoms with Crippen LogP contribution in [0, 0.1) is 0 Å². The molecule has 0 bridgehead atoms. The number of unbranched alkanes of at least 4 members (excludes halogenated alkanes) is 6. The summed E-state index contributed by atoms with van der Waals surface area (Å²) in [6, 6.07) is 5.63. The predicted octanol–water partition coefficient (Wildman–Crippen LogP) is 4.69. The Morgan fingerprint density at radius 1 is 1.06 bits per heavy atom. The Morgan fingerprint density at radius 3 is 2.39 bits per heavy atom. The van der Waals surface area contributed by atoms with E-state index in [9.17, 15) is 0 Å². The highest BCUT2D eigenvalue weighted by atomic mass is 32.1. The Morgan fingerprint density at radius 2 is 1.72 bits per heavy atom. The lowest BCUT2D eigenvalue weighted by Crippen LogP contribution is -1.98. The maximum atomic E-state index is 5.76. The van der Waals surface area contributed by atoms with Crippen molar-refractivity contribution in [1.82, 2.24) is 0 Å². The lowest BCUT2D eigenvalue weighted by molar-refractivity contribution is 0.304. The first-order valence-electron chi connectivity index (χ1n) is 6.95. The molecule has 102 valence electrons. The summed E-state index contributed by atoms with van der Waals surface area (Å²) in [5, 5.41) is 0. The average Bonchev–Trinajstić information content (AvgIpc) is 2.37. The summed E-state index contributed by atoms with van der Waals surface area (Å²) < 4.78 is 5.66. The molecule has 0 aliphatic rings. The third kappa shape index (κ3) is 6.20. The molecular formula is C15H25NOS. The number of nitrogens with two attached hydrogens (primary N) is 1. The lowest BCUT2D eigenvalue weighted by atomic mass is 10.1. The fourth-order valence-electron chi connectivity index (χ4n) is 1.87. The zero-order valence-electron chi connectivity index (χ0n) is 11.3. The third-order valence-corrected chi connectivity index (χ3v) is 3.42. The topological polar surface area (TPSA) is 35.2 Å². The number of hydrogen-bond acceptors (Lipinski definition) is 3. The van der Waals surface area contributed by atoms with E-state index >= 15 is 0 Å². The van der Waals surface area contributed by atoms with Crippen LogP contribution in [0.2, 0.25) is 0 Å². The smallest absolute Gasteiger partial charge is 0.121 e. The second-order valence-electron chi connectivity index (χ2n) is 4.69. The van der Waals surface area contributed by atoms with Crippen molar-refractivity contribution in [2.45, 2.75) is 56.8 Å². The molecule has 0 heterocycles. The Balaban J connectivity index is 2.05. The molecule has 0 saturated carbocycles. The fourth-order valence-corrected chi connectivity index (χ4v) is 2.01. The van der Waals surface area contributed by atoms with Gasteiger partial charge in [-0.3, -0.25) is 0 Å². The number of thiol groups is 1. The Bertz CT molecular complexity index is 341. The van der Waals surface area contributed by atoms with Crippen molar-refractivity contribution in [3.63, 3.8) is 0 Å². The molecule has 0 spiro atoms. The van der Waals surface area contributed by atoms with E-state index in [2.05, 4.69) is 19.6 Å². The van der Waals surface area contributed by atoms with Gasteiger partial charge in [-0.15, -0.1) is 12.6 Å². The van der Waals surface area contributed by atoms with E-state index in [0.717, 1.165) is 23.7 Å². The van der Waals surface area contributed by atoms with Gasteiger partial charge in [0.25, 0.3) is 0 Å². The number of ether oxygens (including phenoxy) is 1. The number of hydrogen-bond donors (Lipinski definition) is 2. The Labute approximate surface area is 116 Å². The largest absolute Gasteiger partial charge is 0.494 e. The molecule has 0 amide bonds. The van der Waals surface area contributed by atoms with Gasteiger partial charge in [0.05, 0.1) is 6.61 Å². The molecule has 18 heavy (non-hydrogen) atoms. The van der Waals surface area contributed by atoms with Gasteiger partial charge in [-0.2, -0.15) is 0 Å². The van der Waals surface area contributed by atoms with Gasteiger partial charge in [0, 0.05) is 16.6 Å². The van der Waals surface area contributed by atoms with Crippen LogP contribution in [-0.2, 0) is 0 Å². The zero-order chi connectivity index (χ0) is 13.2. The molecule has 2 N–H and O–H groups in total. The maximum absolute atomic E-state index is 5.76. The minimum absolute atomic E-state index is 0.676. The quantitative estimate of drug-likeness (QED) is 0.387. The predicted molar refractivity (Wildman–Crippen MR) is 81.6 cm³/mol. The molecule has 2 nitrogen and oxygen atoms in total. The standard InChI is InChI=1S/C15H25NOS/c1-2-3-4-5-6-7-8-11-17-13-9-10-15(18)14(16)12-13/h9-10,12,18H,2-8,11,16H2,1H3. The number of anilines is 1. The van der Waals surface area contributed by atoms with Gasteiger partial charge < -0.3 is 10.5 Å². The van der Waals surface area contributed by atoms with E-state index in [1.807, 2.05) is 18.2 Å². The van der Waals surface area contributed by atoms with Crippen LogP contribution in [0.25, 0.3) is 0 Å². The second kappa shape index (κ2) is 9.15. The molecule has 3 heteroatoms. The summed E-state index contributed by atoms with van der Waals surface area (Å²) in [5.74, 6) is 0.844. The summed E-state index contributed by atoms with van der Waals surface area (Å²) in [5.41, 5.74) is 6.44. The molecule has 0 aliphatic carbocycles. The van der Waals surface area contributed by atoms with Gasteiger partial charge in [-0.25, -0.2) is 0 Å². The van der Waals surface area contributed by atoms with Gasteiger partial charge >= 0.3 is 0 Å². The highest BCUT2D eigenvalue weighted by molar-refractivity contribution is 7.80. The van der Waals surface area contributed by atoms with Gasteiger partial charge in [-0.05, 0) is 18.6 Å². The summed E-state index contributed by atoms with van der Waals surface area (Å²) >= 11 is 4.23. The van der Waals surface area contributed by atoms with Gasteiger partial charge in [0.15, 0.2) is 0 Å². The molecule has 0 aromatic heterocycles. The second-order valence-corrected chi connectivity index (χ2v) is 5.17. The van der Waals surface area contributed by atoms with Crippen molar-refractivity contribution in [2.24, 2.45) is 0 Å². The normalized spacial score (nSPS) is 10.6. The zero-order valence-corrected chi connectivity index (χ0v) is 12.2. The molecular weight excluding hydrogens is 242 g/mol. The molecule has 1 aromatic carbocycles. The van der Waals surface area contributed by atoms with E-state index in [-0.39, 0.29) is 0 Å². The summed E-state index contributed by atoms with van der Waals surface area (Å²) in [4.78, 5) is 0.804. The highest BCUT2D eigenvalue weighted by Crippen LogP contribution is 2.22. The van der Waals surface area contributed by atoms with E-state index < -0.39 is 0 Å². The summed E-state index contributed by atoms with van der Waals surface area (Å²) in [6.45, 7) is 3.02. The molecule has 0 radical (unpaired) electrons. The Hall–Kier alpha value is -0.830. The van der Waals surface area contributed by atoms with Crippen LogP contribution in [0.5, 0.6) is 5.75 Å². The number of rotatable bonds is 9. The molecule has 1 aromatic rings. The third-order valence-electron chi connectivity index (χ3n) is 3.02. The van der Waals surface area contributed by atoms with Crippen LogP contribution in [0.3, 0.4) is 0 Å². The van der Waals surface area contributed by atoms with Crippen LogP contribution >= 0.6 is 12.6 Å². The van der Waals surface area contributed by atoms with Gasteiger partial charge in [0.1, 0.15) is 5.75 Å². The van der Waals surface area contributed by atoms with Crippen LogP contribution in [0.4, 0.5) is 5.69 Å². The lowest BCUT2D eigenvalue weighted by Gasteiger charge is -2.07. The number of benzene rings is 1. The minimum atomic E-state index is 0.676. The van der Waals surface area contributed by atoms with E-state index in [4.69, 9.17) is 10.5 Å². The van der Waals surface area contributed by atoms with Crippen molar-refractivity contribution in [2.75, 3.05) is 12.3 Å². The average molecular weight is 267 g/mol. The summed E-state index contributed by atoms with van der Waals surface area (Å²) in [7, 11) is 0. The minimum Gasteiger partial charge on any atom is -0.494 e. The maximum Gasteiger partial charge on any atom is 0.121 e. The molecule has 0 aliphatic heterocycles.